The maximum atomic E-state index is 12.7. The van der Waals surface area contributed by atoms with Crippen LogP contribution in [0.15, 0.2) is 18.2 Å². The molecule has 1 aliphatic carbocycles. The lowest BCUT2D eigenvalue weighted by molar-refractivity contribution is 0.0702. The van der Waals surface area contributed by atoms with Crippen molar-refractivity contribution in [3.05, 3.63) is 28.1 Å². The summed E-state index contributed by atoms with van der Waals surface area (Å²) in [5.74, 6) is 0.0386. The fourth-order valence-corrected chi connectivity index (χ4v) is 4.30. The van der Waals surface area contributed by atoms with Crippen LogP contribution in [-0.4, -0.2) is 23.9 Å². The molecule has 1 saturated carbocycles. The number of halogens is 1. The first-order valence-corrected chi connectivity index (χ1v) is 8.52. The van der Waals surface area contributed by atoms with Gasteiger partial charge in [-0.15, -0.1) is 11.3 Å². The van der Waals surface area contributed by atoms with E-state index in [4.69, 9.17) is 17.3 Å². The Morgan fingerprint density at radius 3 is 2.76 bits per heavy atom. The summed E-state index contributed by atoms with van der Waals surface area (Å²) in [5, 5.41) is 1.53. The van der Waals surface area contributed by atoms with Crippen molar-refractivity contribution in [3.8, 4) is 0 Å². The molecule has 2 N–H and O–H groups in total. The van der Waals surface area contributed by atoms with Crippen LogP contribution >= 0.6 is 22.9 Å². The van der Waals surface area contributed by atoms with Crippen LogP contribution in [0.1, 0.15) is 41.8 Å². The molecule has 0 bridgehead atoms. The normalized spacial score (nSPS) is 16.3. The van der Waals surface area contributed by atoms with Gasteiger partial charge in [0.1, 0.15) is 4.88 Å². The highest BCUT2D eigenvalue weighted by Crippen LogP contribution is 2.36. The number of nitrogens with two attached hydrogens (primary N) is 1. The summed E-state index contributed by atoms with van der Waals surface area (Å²) in [6, 6.07) is 5.94. The van der Waals surface area contributed by atoms with Crippen LogP contribution in [0.4, 0.5) is 5.69 Å². The summed E-state index contributed by atoms with van der Waals surface area (Å²) in [5.41, 5.74) is 6.74. The Morgan fingerprint density at radius 1 is 1.33 bits per heavy atom. The minimum Gasteiger partial charge on any atom is -0.397 e. The summed E-state index contributed by atoms with van der Waals surface area (Å²) in [7, 11) is 1.90. The van der Waals surface area contributed by atoms with Gasteiger partial charge in [0.05, 0.1) is 5.69 Å². The molecule has 0 saturated heterocycles. The first-order chi connectivity index (χ1) is 10.1. The lowest BCUT2D eigenvalue weighted by atomic mass is 9.94. The van der Waals surface area contributed by atoms with Crippen molar-refractivity contribution < 1.29 is 4.79 Å². The Kier molecular flexibility index (Phi) is 4.09. The van der Waals surface area contributed by atoms with Crippen LogP contribution in [0.25, 0.3) is 10.1 Å². The standard InChI is InChI=1S/C16H19ClN2OS/c1-19(11-5-3-2-4-6-11)16(20)15-14(18)12-9-10(17)7-8-13(12)21-15/h7-9,11H,2-6,18H2,1H3. The molecular weight excluding hydrogens is 304 g/mol. The fraction of sp³-hybridized carbons (Fsp3) is 0.438. The van der Waals surface area contributed by atoms with Crippen LogP contribution in [0.5, 0.6) is 0 Å². The summed E-state index contributed by atoms with van der Waals surface area (Å²) < 4.78 is 1.01. The van der Waals surface area contributed by atoms with Crippen molar-refractivity contribution >= 4 is 44.6 Å². The maximum Gasteiger partial charge on any atom is 0.266 e. The molecule has 2 aromatic rings. The van der Waals surface area contributed by atoms with E-state index < -0.39 is 0 Å². The van der Waals surface area contributed by atoms with E-state index in [0.717, 1.165) is 22.9 Å². The van der Waals surface area contributed by atoms with Crippen LogP contribution < -0.4 is 5.73 Å². The van der Waals surface area contributed by atoms with Gasteiger partial charge in [-0.05, 0) is 31.0 Å². The van der Waals surface area contributed by atoms with Crippen LogP contribution in [0.2, 0.25) is 5.02 Å². The average molecular weight is 323 g/mol. The van der Waals surface area contributed by atoms with Gasteiger partial charge < -0.3 is 10.6 Å². The van der Waals surface area contributed by atoms with Gasteiger partial charge in [-0.2, -0.15) is 0 Å². The van der Waals surface area contributed by atoms with Gasteiger partial charge in [0.15, 0.2) is 0 Å². The van der Waals surface area contributed by atoms with Crippen LogP contribution in [0.3, 0.4) is 0 Å². The topological polar surface area (TPSA) is 46.3 Å². The zero-order valence-electron chi connectivity index (χ0n) is 12.1. The Morgan fingerprint density at radius 2 is 2.05 bits per heavy atom. The van der Waals surface area contributed by atoms with E-state index in [9.17, 15) is 4.79 Å². The second-order valence-electron chi connectivity index (χ2n) is 5.69. The molecule has 1 aliphatic rings. The lowest BCUT2D eigenvalue weighted by Gasteiger charge is -2.31. The molecule has 112 valence electrons. The van der Waals surface area contributed by atoms with E-state index in [1.807, 2.05) is 30.1 Å². The lowest BCUT2D eigenvalue weighted by Crippen LogP contribution is -2.38. The smallest absolute Gasteiger partial charge is 0.266 e. The number of benzene rings is 1. The van der Waals surface area contributed by atoms with Crippen molar-refractivity contribution in [2.75, 3.05) is 12.8 Å². The number of thiophene rings is 1. The number of hydrogen-bond donors (Lipinski definition) is 1. The molecule has 21 heavy (non-hydrogen) atoms. The number of hydrogen-bond acceptors (Lipinski definition) is 3. The highest BCUT2D eigenvalue weighted by atomic mass is 35.5. The highest BCUT2D eigenvalue weighted by molar-refractivity contribution is 7.21. The SMILES string of the molecule is CN(C(=O)c1sc2ccc(Cl)cc2c1N)C1CCCCC1. The van der Waals surface area contributed by atoms with Gasteiger partial charge in [0, 0.05) is 28.2 Å². The zero-order chi connectivity index (χ0) is 15.0. The molecule has 5 heteroatoms. The monoisotopic (exact) mass is 322 g/mol. The zero-order valence-corrected chi connectivity index (χ0v) is 13.6. The van der Waals surface area contributed by atoms with E-state index in [-0.39, 0.29) is 5.91 Å². The summed E-state index contributed by atoms with van der Waals surface area (Å²) in [6.07, 6.45) is 5.89. The molecule has 0 spiro atoms. The predicted molar refractivity (Wildman–Crippen MR) is 90.2 cm³/mol. The van der Waals surface area contributed by atoms with Crippen molar-refractivity contribution in [3.63, 3.8) is 0 Å². The van der Waals surface area contributed by atoms with E-state index in [2.05, 4.69) is 0 Å². The molecule has 1 aromatic heterocycles. The molecule has 1 fully saturated rings. The molecule has 1 amide bonds. The van der Waals surface area contributed by atoms with E-state index >= 15 is 0 Å². The molecule has 3 rings (SSSR count). The third-order valence-electron chi connectivity index (χ3n) is 4.33. The number of carbonyl (C=O) groups is 1. The molecule has 1 aromatic carbocycles. The molecule has 3 nitrogen and oxygen atoms in total. The minimum atomic E-state index is 0.0386. The van der Waals surface area contributed by atoms with Crippen molar-refractivity contribution in [1.82, 2.24) is 4.90 Å². The quantitative estimate of drug-likeness (QED) is 0.882. The summed E-state index contributed by atoms with van der Waals surface area (Å²) in [6.45, 7) is 0. The van der Waals surface area contributed by atoms with Gasteiger partial charge in [-0.3, -0.25) is 4.79 Å². The molecule has 1 heterocycles. The minimum absolute atomic E-state index is 0.0386. The van der Waals surface area contributed by atoms with Crippen LogP contribution in [0, 0.1) is 0 Å². The van der Waals surface area contributed by atoms with Gasteiger partial charge in [0.2, 0.25) is 0 Å². The maximum absolute atomic E-state index is 12.7. The summed E-state index contributed by atoms with van der Waals surface area (Å²) in [4.78, 5) is 15.3. The van der Waals surface area contributed by atoms with Crippen molar-refractivity contribution in [2.24, 2.45) is 0 Å². The molecule has 0 atom stereocenters. The number of rotatable bonds is 2. The molecular formula is C16H19ClN2OS. The van der Waals surface area contributed by atoms with E-state index in [1.54, 1.807) is 0 Å². The second-order valence-corrected chi connectivity index (χ2v) is 7.18. The van der Waals surface area contributed by atoms with Crippen molar-refractivity contribution in [2.45, 2.75) is 38.1 Å². The average Bonchev–Trinajstić information content (AvgIpc) is 2.83. The van der Waals surface area contributed by atoms with Gasteiger partial charge in [0.25, 0.3) is 5.91 Å². The van der Waals surface area contributed by atoms with E-state index in [0.29, 0.717) is 21.6 Å². The third-order valence-corrected chi connectivity index (χ3v) is 5.74. The number of carbonyl (C=O) groups excluding carboxylic acids is 1. The Bertz CT molecular complexity index is 676. The Labute approximate surface area is 133 Å². The second kappa shape index (κ2) is 5.85. The van der Waals surface area contributed by atoms with Crippen molar-refractivity contribution in [1.29, 1.82) is 0 Å². The van der Waals surface area contributed by atoms with Gasteiger partial charge in [-0.1, -0.05) is 30.9 Å². The fourth-order valence-electron chi connectivity index (χ4n) is 3.04. The largest absolute Gasteiger partial charge is 0.397 e. The van der Waals surface area contributed by atoms with E-state index in [1.165, 1.54) is 30.6 Å². The third kappa shape index (κ3) is 2.74. The molecule has 0 radical (unpaired) electrons. The number of nitrogen functional groups attached to an aromatic ring is 1. The number of nitrogens with zero attached hydrogens (tertiary/aromatic N) is 1. The number of anilines is 1. The van der Waals surface area contributed by atoms with Crippen LogP contribution in [-0.2, 0) is 0 Å². The molecule has 0 unspecified atom stereocenters. The Hall–Kier alpha value is -1.26. The van der Waals surface area contributed by atoms with Gasteiger partial charge >= 0.3 is 0 Å². The Balaban J connectivity index is 1.92. The van der Waals surface area contributed by atoms with Gasteiger partial charge in [-0.25, -0.2) is 0 Å². The first kappa shape index (κ1) is 14.7. The summed E-state index contributed by atoms with van der Waals surface area (Å²) >= 11 is 7.48. The highest BCUT2D eigenvalue weighted by Gasteiger charge is 2.26. The molecule has 0 aliphatic heterocycles. The number of fused-ring (bicyclic) bond motifs is 1. The predicted octanol–water partition coefficient (Wildman–Crippen LogP) is 4.54. The number of amides is 1. The first-order valence-electron chi connectivity index (χ1n) is 7.32.